The van der Waals surface area contributed by atoms with E-state index in [9.17, 15) is 9.59 Å². The first kappa shape index (κ1) is 17.5. The second-order valence-corrected chi connectivity index (χ2v) is 7.07. The van der Waals surface area contributed by atoms with Gasteiger partial charge in [-0.15, -0.1) is 0 Å². The molecule has 2 aromatic rings. The van der Waals surface area contributed by atoms with Crippen LogP contribution in [-0.2, 0) is 11.2 Å². The van der Waals surface area contributed by atoms with Crippen molar-refractivity contribution < 1.29 is 9.21 Å². The van der Waals surface area contributed by atoms with Crippen molar-refractivity contribution >= 4 is 5.91 Å². The summed E-state index contributed by atoms with van der Waals surface area (Å²) in [5.74, 6) is 2.71. The Morgan fingerprint density at radius 1 is 1.36 bits per heavy atom. The summed E-state index contributed by atoms with van der Waals surface area (Å²) < 4.78 is 5.79. The van der Waals surface area contributed by atoms with Crippen LogP contribution in [0.3, 0.4) is 0 Å². The molecule has 0 aromatic carbocycles. The Hall–Kier alpha value is -2.37. The van der Waals surface area contributed by atoms with Crippen LogP contribution in [0.25, 0.3) is 0 Å². The third-order valence-electron chi connectivity index (χ3n) is 4.94. The van der Waals surface area contributed by atoms with Gasteiger partial charge < -0.3 is 14.3 Å². The number of nitrogens with zero attached hydrogens (tertiary/aromatic N) is 2. The number of H-pyrrole nitrogens is 1. The van der Waals surface area contributed by atoms with Gasteiger partial charge in [-0.1, -0.05) is 6.92 Å². The molecule has 3 rings (SSSR count). The molecule has 0 bridgehead atoms. The number of aromatic nitrogens is 2. The fourth-order valence-electron chi connectivity index (χ4n) is 3.55. The Labute approximate surface area is 147 Å². The zero-order valence-electron chi connectivity index (χ0n) is 15.3. The van der Waals surface area contributed by atoms with Gasteiger partial charge in [0.2, 0.25) is 5.91 Å². The van der Waals surface area contributed by atoms with Crippen LogP contribution in [0.5, 0.6) is 0 Å². The third-order valence-corrected chi connectivity index (χ3v) is 4.94. The molecular weight excluding hydrogens is 318 g/mol. The van der Waals surface area contributed by atoms with E-state index >= 15 is 0 Å². The van der Waals surface area contributed by atoms with Crippen LogP contribution in [0.4, 0.5) is 0 Å². The summed E-state index contributed by atoms with van der Waals surface area (Å²) in [4.78, 5) is 34.0. The summed E-state index contributed by atoms with van der Waals surface area (Å²) >= 11 is 0. The fourth-order valence-corrected chi connectivity index (χ4v) is 3.55. The van der Waals surface area contributed by atoms with Crippen molar-refractivity contribution in [1.82, 2.24) is 14.9 Å². The molecule has 1 aliphatic rings. The van der Waals surface area contributed by atoms with E-state index in [4.69, 9.17) is 4.42 Å². The molecule has 6 heteroatoms. The van der Waals surface area contributed by atoms with Crippen molar-refractivity contribution in [2.24, 2.45) is 5.92 Å². The third kappa shape index (κ3) is 3.67. The van der Waals surface area contributed by atoms with E-state index in [0.717, 1.165) is 24.4 Å². The lowest BCUT2D eigenvalue weighted by atomic mass is 9.90. The average Bonchev–Trinajstić information content (AvgIpc) is 2.97. The molecule has 1 fully saturated rings. The number of hydrogen-bond donors (Lipinski definition) is 1. The number of furan rings is 1. The zero-order valence-corrected chi connectivity index (χ0v) is 15.3. The van der Waals surface area contributed by atoms with Crippen molar-refractivity contribution in [2.75, 3.05) is 6.54 Å². The Morgan fingerprint density at radius 3 is 2.76 bits per heavy atom. The van der Waals surface area contributed by atoms with E-state index < -0.39 is 0 Å². The summed E-state index contributed by atoms with van der Waals surface area (Å²) in [7, 11) is 0. The Kier molecular flexibility index (Phi) is 4.79. The maximum Gasteiger partial charge on any atom is 0.254 e. The fraction of sp³-hybridized carbons (Fsp3) is 0.526. The van der Waals surface area contributed by atoms with Crippen LogP contribution in [0.2, 0.25) is 0 Å². The Balaban J connectivity index is 1.86. The van der Waals surface area contributed by atoms with E-state index in [1.165, 1.54) is 0 Å². The smallest absolute Gasteiger partial charge is 0.254 e. The predicted molar refractivity (Wildman–Crippen MR) is 94.3 cm³/mol. The number of nitrogens with one attached hydrogen (secondary N) is 1. The van der Waals surface area contributed by atoms with Gasteiger partial charge >= 0.3 is 0 Å². The van der Waals surface area contributed by atoms with Crippen LogP contribution < -0.4 is 5.56 Å². The van der Waals surface area contributed by atoms with Gasteiger partial charge in [0.15, 0.2) is 0 Å². The maximum absolute atomic E-state index is 13.0. The first-order valence-corrected chi connectivity index (χ1v) is 8.77. The number of rotatable bonds is 3. The lowest BCUT2D eigenvalue weighted by molar-refractivity contribution is -0.135. The highest BCUT2D eigenvalue weighted by molar-refractivity contribution is 5.79. The molecule has 1 saturated heterocycles. The highest BCUT2D eigenvalue weighted by atomic mass is 16.3. The highest BCUT2D eigenvalue weighted by Gasteiger charge is 2.33. The quantitative estimate of drug-likeness (QED) is 0.929. The van der Waals surface area contributed by atoms with Crippen LogP contribution in [-0.4, -0.2) is 27.3 Å². The molecule has 0 radical (unpaired) electrons. The number of likely N-dealkylation sites (tertiary alicyclic amines) is 1. The predicted octanol–water partition coefficient (Wildman–Crippen LogP) is 2.83. The first-order chi connectivity index (χ1) is 11.8. The van der Waals surface area contributed by atoms with Crippen LogP contribution in [0, 0.1) is 26.7 Å². The topological polar surface area (TPSA) is 79.2 Å². The molecule has 0 unspecified atom stereocenters. The molecule has 0 aliphatic carbocycles. The number of hydrogen-bond acceptors (Lipinski definition) is 4. The van der Waals surface area contributed by atoms with E-state index in [1.54, 1.807) is 13.8 Å². The molecule has 0 spiro atoms. The molecule has 0 saturated carbocycles. The van der Waals surface area contributed by atoms with Gasteiger partial charge in [0, 0.05) is 17.8 Å². The van der Waals surface area contributed by atoms with E-state index in [1.807, 2.05) is 24.0 Å². The molecule has 3 heterocycles. The van der Waals surface area contributed by atoms with E-state index in [0.29, 0.717) is 29.5 Å². The highest BCUT2D eigenvalue weighted by Crippen LogP contribution is 2.35. The molecule has 1 amide bonds. The molecule has 6 nitrogen and oxygen atoms in total. The van der Waals surface area contributed by atoms with Crippen molar-refractivity contribution in [3.63, 3.8) is 0 Å². The Morgan fingerprint density at radius 2 is 2.12 bits per heavy atom. The van der Waals surface area contributed by atoms with Gasteiger partial charge in [-0.25, -0.2) is 4.98 Å². The summed E-state index contributed by atoms with van der Waals surface area (Å²) in [6.45, 7) is 8.30. The summed E-state index contributed by atoms with van der Waals surface area (Å²) in [6, 6.07) is 3.81. The lowest BCUT2D eigenvalue weighted by Crippen LogP contribution is -2.42. The second kappa shape index (κ2) is 6.86. The molecule has 2 aromatic heterocycles. The van der Waals surface area contributed by atoms with E-state index in [-0.39, 0.29) is 23.9 Å². The second-order valence-electron chi connectivity index (χ2n) is 7.07. The molecule has 1 N–H and O–H groups in total. The van der Waals surface area contributed by atoms with Gasteiger partial charge in [0.25, 0.3) is 5.56 Å². The number of amides is 1. The molecule has 25 heavy (non-hydrogen) atoms. The SMILES string of the molecule is Cc1nc(C)c(CC(=O)N2CC[C@@H](C)C[C@@H]2c2ccc(C)o2)c(=O)[nH]1. The van der Waals surface area contributed by atoms with Gasteiger partial charge in [-0.2, -0.15) is 0 Å². The van der Waals surface area contributed by atoms with Crippen LogP contribution in [0.1, 0.15) is 54.4 Å². The lowest BCUT2D eigenvalue weighted by Gasteiger charge is -2.37. The number of carbonyl (C=O) groups excluding carboxylic acids is 1. The summed E-state index contributed by atoms with van der Waals surface area (Å²) in [5.41, 5.74) is 0.836. The number of aryl methyl sites for hydroxylation is 3. The van der Waals surface area contributed by atoms with Gasteiger partial charge in [-0.3, -0.25) is 9.59 Å². The maximum atomic E-state index is 13.0. The van der Waals surface area contributed by atoms with E-state index in [2.05, 4.69) is 16.9 Å². The molecular formula is C19H25N3O3. The van der Waals surface area contributed by atoms with Crippen LogP contribution >= 0.6 is 0 Å². The average molecular weight is 343 g/mol. The standard InChI is InChI=1S/C19H25N3O3/c1-11-7-8-22(16(9-11)17-6-5-12(2)25-17)18(23)10-15-13(3)20-14(4)21-19(15)24/h5-6,11,16H,7-10H2,1-4H3,(H,20,21,24)/t11-,16-/m1/s1. The number of carbonyl (C=O) groups is 1. The van der Waals surface area contributed by atoms with Crippen LogP contribution in [0.15, 0.2) is 21.3 Å². The monoisotopic (exact) mass is 343 g/mol. The minimum absolute atomic E-state index is 0.0507. The minimum atomic E-state index is -0.228. The number of aromatic amines is 1. The molecule has 134 valence electrons. The van der Waals surface area contributed by atoms with Crippen molar-refractivity contribution in [3.05, 3.63) is 51.1 Å². The first-order valence-electron chi connectivity index (χ1n) is 8.77. The van der Waals surface area contributed by atoms with Crippen molar-refractivity contribution in [3.8, 4) is 0 Å². The number of piperidine rings is 1. The minimum Gasteiger partial charge on any atom is -0.464 e. The zero-order chi connectivity index (χ0) is 18.1. The summed E-state index contributed by atoms with van der Waals surface area (Å²) in [5, 5.41) is 0. The normalized spacial score (nSPS) is 20.7. The van der Waals surface area contributed by atoms with Gasteiger partial charge in [-0.05, 0) is 51.7 Å². The largest absolute Gasteiger partial charge is 0.464 e. The van der Waals surface area contributed by atoms with Gasteiger partial charge in [0.1, 0.15) is 17.3 Å². The van der Waals surface area contributed by atoms with Crippen molar-refractivity contribution in [2.45, 2.75) is 53.0 Å². The van der Waals surface area contributed by atoms with Gasteiger partial charge in [0.05, 0.1) is 12.5 Å². The van der Waals surface area contributed by atoms with Crippen molar-refractivity contribution in [1.29, 1.82) is 0 Å². The Bertz CT molecular complexity index is 837. The summed E-state index contributed by atoms with van der Waals surface area (Å²) in [6.07, 6.45) is 1.91. The molecule has 2 atom stereocenters. The molecule has 1 aliphatic heterocycles.